The minimum atomic E-state index is -2.02. The smallest absolute Gasteiger partial charge is 0.343 e. The molecule has 0 saturated carbocycles. The summed E-state index contributed by atoms with van der Waals surface area (Å²) < 4.78 is 46.4. The van der Waals surface area contributed by atoms with E-state index in [1.807, 2.05) is 12.1 Å². The number of amides is 1. The molecular weight excluding hydrogens is 1130 g/mol. The summed E-state index contributed by atoms with van der Waals surface area (Å²) in [5.74, 6) is -1.39. The molecule has 6 heterocycles. The third kappa shape index (κ3) is 13.1. The molecule has 5 aromatic rings. The number of hydrogen-bond acceptors (Lipinski definition) is 20. The van der Waals surface area contributed by atoms with Gasteiger partial charge in [0.1, 0.15) is 73.4 Å². The summed E-state index contributed by atoms with van der Waals surface area (Å²) in [4.78, 5) is 59.8. The van der Waals surface area contributed by atoms with Crippen LogP contribution in [0.15, 0.2) is 83.7 Å². The average Bonchev–Trinajstić information content (AvgIpc) is 3.13. The Bertz CT molecular complexity index is 3300. The molecule has 13 atom stereocenters. The number of benzene rings is 3. The first-order valence-electron chi connectivity index (χ1n) is 27.5. The fourth-order valence-electron chi connectivity index (χ4n) is 10.6. The van der Waals surface area contributed by atoms with Gasteiger partial charge >= 0.3 is 11.9 Å². The van der Waals surface area contributed by atoms with E-state index in [1.165, 1.54) is 25.7 Å². The Morgan fingerprint density at radius 2 is 1.38 bits per heavy atom. The number of cyclic esters (lactones) is 1. The van der Waals surface area contributed by atoms with Gasteiger partial charge < -0.3 is 94.6 Å². The Labute approximate surface area is 494 Å². The number of nitrogens with one attached hydrogen (secondary N) is 5. The number of fused-ring (bicyclic) bond motifs is 5. The summed E-state index contributed by atoms with van der Waals surface area (Å²) in [7, 11) is 2.77. The van der Waals surface area contributed by atoms with Gasteiger partial charge in [0.2, 0.25) is 18.5 Å². The Hall–Kier alpha value is -6.95. The van der Waals surface area contributed by atoms with Gasteiger partial charge in [-0.05, 0) is 132 Å². The number of hydrogen-bond donors (Lipinski definition) is 10. The van der Waals surface area contributed by atoms with Gasteiger partial charge in [-0.3, -0.25) is 9.59 Å². The van der Waals surface area contributed by atoms with Gasteiger partial charge in [-0.25, -0.2) is 14.6 Å². The van der Waals surface area contributed by atoms with Crippen LogP contribution in [0.2, 0.25) is 0 Å². The first kappa shape index (κ1) is 61.6. The van der Waals surface area contributed by atoms with Crippen molar-refractivity contribution in [1.82, 2.24) is 25.5 Å². The largest absolute Gasteiger partial charge is 0.462 e. The van der Waals surface area contributed by atoms with Crippen molar-refractivity contribution < 1.29 is 77.8 Å². The normalized spacial score (nSPS) is 25.8. The van der Waals surface area contributed by atoms with Crippen LogP contribution in [0.1, 0.15) is 75.6 Å². The lowest BCUT2D eigenvalue weighted by molar-refractivity contribution is -0.273. The first-order valence-corrected chi connectivity index (χ1v) is 28.3. The van der Waals surface area contributed by atoms with Gasteiger partial charge in [-0.15, -0.1) is 0 Å². The molecule has 1 amide bonds. The van der Waals surface area contributed by atoms with Crippen LogP contribution in [0.5, 0.6) is 11.5 Å². The molecule has 0 spiro atoms. The molecule has 10 N–H and O–H groups in total. The summed E-state index contributed by atoms with van der Waals surface area (Å²) in [5, 5.41) is 69.8. The summed E-state index contributed by atoms with van der Waals surface area (Å²) in [5.41, 5.74) is 1.64. The molecule has 26 heteroatoms. The second-order valence-corrected chi connectivity index (χ2v) is 21.8. The standard InChI is InChI=1S/C58H69N7O17S2/c1-7-58(74)39-24-42-43-36(25-65(42)51(71)38(39)27-78-55(58)73)37(35-12-8-9-13-40(35)63-43)26-77-52(72)28(2)60-50(70)41(64-57(84)62-32-17-21-34(22-18-32)82-54-47(69)49(76-6)45(67)30(4)80-54)14-10-11-23-59-56(83)61-31-15-19-33(20-16-31)81-53-46(68)48(75-5)44(66)29(3)79-53/h8-9,12-13,15-22,24,28-30,41,44-49,53-54,66-69,74H,7,10-11,14,23,25-27H2,1-6H3,(H,60,70)(H2,59,61,83)(H2,62,64,84)/t28-,29-,30-,41-,44+,45+,46-,47-,48+,49+,53+,54+,58-/m0/s1. The Balaban J connectivity index is 0.831. The van der Waals surface area contributed by atoms with E-state index in [1.54, 1.807) is 87.5 Å². The van der Waals surface area contributed by atoms with E-state index < -0.39 is 103 Å². The highest BCUT2D eigenvalue weighted by Gasteiger charge is 2.47. The van der Waals surface area contributed by atoms with Gasteiger partial charge in [0.25, 0.3) is 5.56 Å². The second kappa shape index (κ2) is 26.5. The SMILES string of the molecule is CC[C@@]1(O)C(=O)OCc2c1cc1n(c2=O)Cc2c-1nc1ccccc1c2COC(=O)[C@H](C)NC(=O)[C@H](CCCCNC(=S)Nc1ccc(O[C@H]2O[C@@H](C)[C@@H](O)[C@@H](OC)[C@@H]2O)cc1)NC(=S)Nc1ccc(O[C@H]2O[C@@H](C)[C@@H](O)[C@@H](OC)[C@@H]2O)cc1. The van der Waals surface area contributed by atoms with Gasteiger partial charge in [-0.2, -0.15) is 0 Å². The molecule has 24 nitrogen and oxygen atoms in total. The van der Waals surface area contributed by atoms with Crippen molar-refractivity contribution in [2.45, 2.75) is 152 Å². The van der Waals surface area contributed by atoms with Gasteiger partial charge in [0, 0.05) is 54.2 Å². The third-order valence-electron chi connectivity index (χ3n) is 15.4. The first-order chi connectivity index (χ1) is 40.2. The van der Waals surface area contributed by atoms with Gasteiger partial charge in [-0.1, -0.05) is 25.1 Å². The zero-order valence-corrected chi connectivity index (χ0v) is 48.6. The van der Waals surface area contributed by atoms with Crippen molar-refractivity contribution in [3.8, 4) is 22.9 Å². The summed E-state index contributed by atoms with van der Waals surface area (Å²) in [6.07, 6.45) is -8.63. The average molecular weight is 1200 g/mol. The number of thiocarbonyl (C=S) groups is 2. The number of unbranched alkanes of at least 4 members (excludes halogenated alkanes) is 1. The highest BCUT2D eigenvalue weighted by Crippen LogP contribution is 2.41. The number of ether oxygens (including phenoxy) is 8. The van der Waals surface area contributed by atoms with Gasteiger partial charge in [0.05, 0.1) is 41.2 Å². The molecule has 2 saturated heterocycles. The summed E-state index contributed by atoms with van der Waals surface area (Å²) in [6.45, 7) is 6.38. The predicted molar refractivity (Wildman–Crippen MR) is 312 cm³/mol. The zero-order valence-electron chi connectivity index (χ0n) is 46.9. The Kier molecular flexibility index (Phi) is 19.5. The van der Waals surface area contributed by atoms with E-state index >= 15 is 0 Å². The minimum Gasteiger partial charge on any atom is -0.462 e. The molecule has 9 rings (SSSR count). The molecule has 450 valence electrons. The number of rotatable bonds is 20. The topological polar surface area (TPSA) is 321 Å². The number of esters is 2. The molecule has 2 aromatic heterocycles. The lowest BCUT2D eigenvalue weighted by atomic mass is 9.86. The fraction of sp³-hybridized carbons (Fsp3) is 0.466. The number of pyridine rings is 2. The Morgan fingerprint density at radius 1 is 0.798 bits per heavy atom. The van der Waals surface area contributed by atoms with Gasteiger partial charge in [0.15, 0.2) is 15.8 Å². The zero-order chi connectivity index (χ0) is 60.1. The number of anilines is 2. The maximum Gasteiger partial charge on any atom is 0.343 e. The fourth-order valence-corrected chi connectivity index (χ4v) is 11.1. The number of nitrogens with zero attached hydrogens (tertiary/aromatic N) is 2. The van der Waals surface area contributed by atoms with Crippen LogP contribution >= 0.6 is 24.4 Å². The van der Waals surface area contributed by atoms with E-state index in [0.29, 0.717) is 80.8 Å². The summed E-state index contributed by atoms with van der Waals surface area (Å²) >= 11 is 11.3. The number of carbonyl (C=O) groups is 3. The monoisotopic (exact) mass is 1200 g/mol. The van der Waals surface area contributed by atoms with E-state index in [2.05, 4.69) is 26.6 Å². The molecule has 2 fully saturated rings. The predicted octanol–water partition coefficient (Wildman–Crippen LogP) is 2.86. The lowest BCUT2D eigenvalue weighted by Crippen LogP contribution is -2.59. The summed E-state index contributed by atoms with van der Waals surface area (Å²) in [6, 6.07) is 20.1. The van der Waals surface area contributed by atoms with E-state index in [4.69, 9.17) is 67.3 Å². The highest BCUT2D eigenvalue weighted by molar-refractivity contribution is 7.80. The number of methoxy groups -OCH3 is 2. The molecule has 0 bridgehead atoms. The van der Waals surface area contributed by atoms with E-state index in [0.717, 1.165) is 0 Å². The van der Waals surface area contributed by atoms with Crippen LogP contribution in [0, 0.1) is 0 Å². The van der Waals surface area contributed by atoms with Crippen molar-refractivity contribution in [3.63, 3.8) is 0 Å². The molecule has 4 aliphatic heterocycles. The van der Waals surface area contributed by atoms with E-state index in [9.17, 15) is 44.7 Å². The maximum absolute atomic E-state index is 14.2. The molecule has 0 radical (unpaired) electrons. The van der Waals surface area contributed by atoms with Crippen molar-refractivity contribution in [2.24, 2.45) is 0 Å². The van der Waals surface area contributed by atoms with Crippen molar-refractivity contribution in [2.75, 3.05) is 31.4 Å². The number of aliphatic hydroxyl groups excluding tert-OH is 4. The van der Waals surface area contributed by atoms with Crippen LogP contribution < -0.4 is 41.6 Å². The molecule has 3 aromatic carbocycles. The third-order valence-corrected chi connectivity index (χ3v) is 15.9. The molecule has 0 aliphatic carbocycles. The number of aliphatic hydroxyl groups is 5. The van der Waals surface area contributed by atoms with Crippen LogP contribution in [-0.4, -0.2) is 157 Å². The van der Waals surface area contributed by atoms with Crippen LogP contribution in [-0.2, 0) is 68.2 Å². The van der Waals surface area contributed by atoms with E-state index in [-0.39, 0.29) is 48.8 Å². The molecular formula is C58H69N7O17S2. The second-order valence-electron chi connectivity index (χ2n) is 21.0. The van der Waals surface area contributed by atoms with Crippen LogP contribution in [0.3, 0.4) is 0 Å². The van der Waals surface area contributed by atoms with Crippen LogP contribution in [0.4, 0.5) is 11.4 Å². The quantitative estimate of drug-likeness (QED) is 0.0298. The number of aromatic nitrogens is 2. The van der Waals surface area contributed by atoms with Crippen molar-refractivity contribution in [3.05, 3.63) is 111 Å². The molecule has 4 aliphatic rings. The van der Waals surface area contributed by atoms with Crippen molar-refractivity contribution >= 4 is 74.8 Å². The number of carbonyl (C=O) groups excluding carboxylic acids is 3. The minimum absolute atomic E-state index is 0.0200. The molecule has 0 unspecified atom stereocenters. The van der Waals surface area contributed by atoms with Crippen molar-refractivity contribution in [1.29, 1.82) is 0 Å². The Morgan fingerprint density at radius 3 is 1.96 bits per heavy atom. The number of para-hydroxylation sites is 1. The molecule has 84 heavy (non-hydrogen) atoms. The lowest BCUT2D eigenvalue weighted by Gasteiger charge is -2.40. The maximum atomic E-state index is 14.2. The highest BCUT2D eigenvalue weighted by atomic mass is 32.1. The van der Waals surface area contributed by atoms with Crippen LogP contribution in [0.25, 0.3) is 22.3 Å².